The summed E-state index contributed by atoms with van der Waals surface area (Å²) in [4.78, 5) is 12.0. The lowest BCUT2D eigenvalue weighted by atomic mass is 10.1. The van der Waals surface area contributed by atoms with Crippen LogP contribution in [0.15, 0.2) is 57.7 Å². The van der Waals surface area contributed by atoms with Crippen molar-refractivity contribution in [1.82, 2.24) is 5.16 Å². The van der Waals surface area contributed by atoms with Crippen LogP contribution in [-0.4, -0.2) is 11.1 Å². The number of furan rings is 1. The number of aryl methyl sites for hydroxylation is 1. The molecule has 3 aromatic rings. The summed E-state index contributed by atoms with van der Waals surface area (Å²) in [5, 5.41) is 6.49. The predicted octanol–water partition coefficient (Wildman–Crippen LogP) is 3.50. The quantitative estimate of drug-likeness (QED) is 0.789. The number of nitrogens with zero attached hydrogens (tertiary/aromatic N) is 1. The van der Waals surface area contributed by atoms with Crippen LogP contribution in [0.2, 0.25) is 0 Å². The summed E-state index contributed by atoms with van der Waals surface area (Å²) in [5.74, 6) is 0.624. The van der Waals surface area contributed by atoms with Crippen LogP contribution in [-0.2, 0) is 0 Å². The molecule has 0 aliphatic carbocycles. The van der Waals surface area contributed by atoms with Gasteiger partial charge in [0.1, 0.15) is 0 Å². The smallest absolute Gasteiger partial charge is 0.258 e. The fourth-order valence-electron chi connectivity index (χ4n) is 1.76. The third-order valence-corrected chi connectivity index (χ3v) is 2.83. The molecule has 20 heavy (non-hydrogen) atoms. The van der Waals surface area contributed by atoms with E-state index >= 15 is 0 Å². The summed E-state index contributed by atoms with van der Waals surface area (Å²) in [6, 6.07) is 12.4. The van der Waals surface area contributed by atoms with E-state index in [1.807, 2.05) is 19.1 Å². The Balaban J connectivity index is 1.75. The third-order valence-electron chi connectivity index (χ3n) is 2.83. The van der Waals surface area contributed by atoms with Gasteiger partial charge in [-0.2, -0.15) is 0 Å². The van der Waals surface area contributed by atoms with E-state index in [0.717, 1.165) is 5.56 Å². The maximum atomic E-state index is 12.0. The minimum atomic E-state index is -0.243. The van der Waals surface area contributed by atoms with Gasteiger partial charge in [0.05, 0.1) is 6.26 Å². The Labute approximate surface area is 115 Å². The second-order valence-corrected chi connectivity index (χ2v) is 4.37. The van der Waals surface area contributed by atoms with Crippen molar-refractivity contribution in [3.63, 3.8) is 0 Å². The number of anilines is 1. The summed E-state index contributed by atoms with van der Waals surface area (Å²) in [6.45, 7) is 1.97. The minimum Gasteiger partial charge on any atom is -0.463 e. The molecule has 0 atom stereocenters. The highest BCUT2D eigenvalue weighted by Crippen LogP contribution is 2.22. The molecule has 1 N–H and O–H groups in total. The average Bonchev–Trinajstić information content (AvgIpc) is 3.09. The molecule has 2 aromatic heterocycles. The molecule has 0 aliphatic rings. The van der Waals surface area contributed by atoms with Gasteiger partial charge in [-0.05, 0) is 31.2 Å². The number of carbonyl (C=O) groups is 1. The summed E-state index contributed by atoms with van der Waals surface area (Å²) in [5.41, 5.74) is 2.20. The zero-order valence-electron chi connectivity index (χ0n) is 10.8. The number of rotatable bonds is 3. The predicted molar refractivity (Wildman–Crippen MR) is 73.3 cm³/mol. The zero-order chi connectivity index (χ0) is 13.9. The SMILES string of the molecule is Cc1ccc(C(=O)Nc2cc(-c3ccco3)no2)cc1. The molecule has 1 amide bonds. The molecule has 0 saturated carbocycles. The number of hydrogen-bond donors (Lipinski definition) is 1. The average molecular weight is 268 g/mol. The Morgan fingerprint density at radius 1 is 1.20 bits per heavy atom. The van der Waals surface area contributed by atoms with E-state index in [1.165, 1.54) is 0 Å². The van der Waals surface area contributed by atoms with E-state index in [-0.39, 0.29) is 11.8 Å². The highest BCUT2D eigenvalue weighted by molar-refractivity contribution is 6.03. The van der Waals surface area contributed by atoms with Crippen LogP contribution in [0.1, 0.15) is 15.9 Å². The van der Waals surface area contributed by atoms with Gasteiger partial charge in [-0.1, -0.05) is 22.9 Å². The highest BCUT2D eigenvalue weighted by Gasteiger charge is 2.12. The molecule has 1 aromatic carbocycles. The monoisotopic (exact) mass is 268 g/mol. The maximum Gasteiger partial charge on any atom is 0.258 e. The number of amides is 1. The molecule has 0 unspecified atom stereocenters. The van der Waals surface area contributed by atoms with Crippen molar-refractivity contribution in [2.75, 3.05) is 5.32 Å². The highest BCUT2D eigenvalue weighted by atomic mass is 16.5. The first-order valence-corrected chi connectivity index (χ1v) is 6.11. The summed E-state index contributed by atoms with van der Waals surface area (Å²) < 4.78 is 10.3. The van der Waals surface area contributed by atoms with Crippen molar-refractivity contribution < 1.29 is 13.7 Å². The molecule has 3 rings (SSSR count). The molecule has 0 radical (unpaired) electrons. The van der Waals surface area contributed by atoms with Crippen LogP contribution in [0.3, 0.4) is 0 Å². The van der Waals surface area contributed by atoms with Gasteiger partial charge in [0.2, 0.25) is 5.88 Å². The van der Waals surface area contributed by atoms with E-state index in [1.54, 1.807) is 36.6 Å². The molecular formula is C15H12N2O3. The Bertz CT molecular complexity index is 712. The molecule has 5 heteroatoms. The number of hydrogen-bond acceptors (Lipinski definition) is 4. The van der Waals surface area contributed by atoms with Gasteiger partial charge in [0.25, 0.3) is 5.91 Å². The van der Waals surface area contributed by atoms with Crippen LogP contribution in [0.25, 0.3) is 11.5 Å². The second kappa shape index (κ2) is 5.05. The Morgan fingerprint density at radius 3 is 2.70 bits per heavy atom. The van der Waals surface area contributed by atoms with Gasteiger partial charge < -0.3 is 8.94 Å². The summed E-state index contributed by atoms with van der Waals surface area (Å²) in [6.07, 6.45) is 1.55. The van der Waals surface area contributed by atoms with Crippen molar-refractivity contribution >= 4 is 11.8 Å². The molecule has 0 aliphatic heterocycles. The first kappa shape index (κ1) is 12.2. The van der Waals surface area contributed by atoms with Crippen molar-refractivity contribution in [2.45, 2.75) is 6.92 Å². The van der Waals surface area contributed by atoms with Gasteiger partial charge in [-0.3, -0.25) is 10.1 Å². The molecule has 5 nitrogen and oxygen atoms in total. The first-order valence-electron chi connectivity index (χ1n) is 6.11. The van der Waals surface area contributed by atoms with Crippen LogP contribution < -0.4 is 5.32 Å². The van der Waals surface area contributed by atoms with Crippen molar-refractivity contribution in [2.24, 2.45) is 0 Å². The lowest BCUT2D eigenvalue weighted by Gasteiger charge is -2.01. The van der Waals surface area contributed by atoms with Gasteiger partial charge in [-0.15, -0.1) is 0 Å². The van der Waals surface area contributed by atoms with E-state index in [9.17, 15) is 4.79 Å². The van der Waals surface area contributed by atoms with Gasteiger partial charge in [0, 0.05) is 11.6 Å². The second-order valence-electron chi connectivity index (χ2n) is 4.37. The van der Waals surface area contributed by atoms with Crippen LogP contribution >= 0.6 is 0 Å². The Kier molecular flexibility index (Phi) is 3.09. The number of carbonyl (C=O) groups excluding carboxylic acids is 1. The topological polar surface area (TPSA) is 68.3 Å². The van der Waals surface area contributed by atoms with Crippen LogP contribution in [0.4, 0.5) is 5.88 Å². The molecule has 2 heterocycles. The largest absolute Gasteiger partial charge is 0.463 e. The molecule has 0 bridgehead atoms. The number of aromatic nitrogens is 1. The molecule has 0 spiro atoms. The van der Waals surface area contributed by atoms with E-state index in [0.29, 0.717) is 17.0 Å². The maximum absolute atomic E-state index is 12.0. The summed E-state index contributed by atoms with van der Waals surface area (Å²) >= 11 is 0. The normalized spacial score (nSPS) is 10.4. The standard InChI is InChI=1S/C15H12N2O3/c1-10-4-6-11(7-5-10)15(18)16-14-9-12(17-20-14)13-3-2-8-19-13/h2-9H,1H3,(H,16,18). The van der Waals surface area contributed by atoms with Gasteiger partial charge >= 0.3 is 0 Å². The fraction of sp³-hybridized carbons (Fsp3) is 0.0667. The van der Waals surface area contributed by atoms with E-state index < -0.39 is 0 Å². The fourth-order valence-corrected chi connectivity index (χ4v) is 1.76. The molecule has 0 fully saturated rings. The van der Waals surface area contributed by atoms with Crippen molar-refractivity contribution in [3.05, 3.63) is 59.9 Å². The Hall–Kier alpha value is -2.82. The third kappa shape index (κ3) is 2.47. The summed E-state index contributed by atoms with van der Waals surface area (Å²) in [7, 11) is 0. The molecular weight excluding hydrogens is 256 g/mol. The Morgan fingerprint density at radius 2 is 2.00 bits per heavy atom. The lowest BCUT2D eigenvalue weighted by molar-refractivity contribution is 0.102. The number of benzene rings is 1. The van der Waals surface area contributed by atoms with E-state index in [2.05, 4.69) is 10.5 Å². The van der Waals surface area contributed by atoms with Gasteiger partial charge in [0.15, 0.2) is 11.5 Å². The van der Waals surface area contributed by atoms with Crippen LogP contribution in [0.5, 0.6) is 0 Å². The van der Waals surface area contributed by atoms with E-state index in [4.69, 9.17) is 8.94 Å². The van der Waals surface area contributed by atoms with Crippen molar-refractivity contribution in [1.29, 1.82) is 0 Å². The lowest BCUT2D eigenvalue weighted by Crippen LogP contribution is -2.11. The zero-order valence-corrected chi connectivity index (χ0v) is 10.8. The minimum absolute atomic E-state index is 0.243. The van der Waals surface area contributed by atoms with Crippen LogP contribution in [0, 0.1) is 6.92 Å². The molecule has 100 valence electrons. The molecule has 0 saturated heterocycles. The number of nitrogens with one attached hydrogen (secondary N) is 1. The van der Waals surface area contributed by atoms with Gasteiger partial charge in [-0.25, -0.2) is 0 Å². The van der Waals surface area contributed by atoms with Crippen molar-refractivity contribution in [3.8, 4) is 11.5 Å². The first-order chi connectivity index (χ1) is 9.72.